The second-order valence-electron chi connectivity index (χ2n) is 3.05. The van der Waals surface area contributed by atoms with Gasteiger partial charge in [-0.3, -0.25) is 0 Å². The van der Waals surface area contributed by atoms with Crippen molar-refractivity contribution in [3.63, 3.8) is 0 Å². The molecule has 1 unspecified atom stereocenters. The molecule has 0 heterocycles. The topological polar surface area (TPSA) is 52.6 Å². The van der Waals surface area contributed by atoms with E-state index in [1.807, 2.05) is 0 Å². The summed E-state index contributed by atoms with van der Waals surface area (Å²) >= 11 is 0. The largest absolute Gasteiger partial charge is 0.450 e. The van der Waals surface area contributed by atoms with E-state index in [-0.39, 0.29) is 0 Å². The van der Waals surface area contributed by atoms with Gasteiger partial charge in [-0.25, -0.2) is 9.59 Å². The number of rotatable bonds is 3. The first-order chi connectivity index (χ1) is 7.63. The first-order valence-electron chi connectivity index (χ1n) is 4.74. The van der Waals surface area contributed by atoms with Gasteiger partial charge in [0.05, 0.1) is 0 Å². The summed E-state index contributed by atoms with van der Waals surface area (Å²) in [5.74, 6) is -1.77. The Morgan fingerprint density at radius 2 is 1.88 bits per heavy atom. The third kappa shape index (κ3) is 3.57. The van der Waals surface area contributed by atoms with E-state index in [1.165, 1.54) is 6.08 Å². The molecule has 0 aromatic heterocycles. The maximum atomic E-state index is 11.2. The molecule has 1 rings (SSSR count). The van der Waals surface area contributed by atoms with E-state index < -0.39 is 18.0 Å². The fraction of sp³-hybridized carbons (Fsp3) is 0.167. The van der Waals surface area contributed by atoms with Gasteiger partial charge in [-0.15, -0.1) is 0 Å². The summed E-state index contributed by atoms with van der Waals surface area (Å²) in [6.07, 6.45) is 0.893. The lowest BCUT2D eigenvalue weighted by Gasteiger charge is -2.07. The molecule has 1 atom stereocenters. The van der Waals surface area contributed by atoms with Crippen LogP contribution in [0.2, 0.25) is 0 Å². The van der Waals surface area contributed by atoms with Crippen LogP contribution in [0.4, 0.5) is 0 Å². The van der Waals surface area contributed by atoms with Crippen molar-refractivity contribution < 1.29 is 19.1 Å². The quantitative estimate of drug-likeness (QED) is 0.337. The van der Waals surface area contributed by atoms with Gasteiger partial charge in [-0.05, 0) is 19.1 Å². The van der Waals surface area contributed by atoms with Crippen LogP contribution in [0, 0.1) is 0 Å². The fourth-order valence-corrected chi connectivity index (χ4v) is 0.902. The van der Waals surface area contributed by atoms with Gasteiger partial charge in [0.25, 0.3) is 0 Å². The van der Waals surface area contributed by atoms with E-state index in [2.05, 4.69) is 6.58 Å². The van der Waals surface area contributed by atoms with Gasteiger partial charge >= 0.3 is 11.9 Å². The van der Waals surface area contributed by atoms with Crippen LogP contribution >= 0.6 is 0 Å². The average molecular weight is 220 g/mol. The molecule has 0 spiro atoms. The lowest BCUT2D eigenvalue weighted by molar-refractivity contribution is -0.163. The lowest BCUT2D eigenvalue weighted by Crippen LogP contribution is -2.25. The summed E-state index contributed by atoms with van der Waals surface area (Å²) in [7, 11) is 0. The van der Waals surface area contributed by atoms with E-state index in [9.17, 15) is 9.59 Å². The zero-order valence-electron chi connectivity index (χ0n) is 8.88. The zero-order chi connectivity index (χ0) is 12.0. The highest BCUT2D eigenvalue weighted by atomic mass is 16.6. The van der Waals surface area contributed by atoms with Gasteiger partial charge in [0.2, 0.25) is 0 Å². The summed E-state index contributed by atoms with van der Waals surface area (Å²) in [5.41, 5.74) is 0. The van der Waals surface area contributed by atoms with Gasteiger partial charge in [-0.2, -0.15) is 0 Å². The van der Waals surface area contributed by atoms with E-state index in [0.717, 1.165) is 0 Å². The minimum atomic E-state index is -1.04. The number of para-hydroxylation sites is 1. The third-order valence-electron chi connectivity index (χ3n) is 1.75. The normalized spacial score (nSPS) is 11.3. The van der Waals surface area contributed by atoms with Crippen LogP contribution < -0.4 is 4.74 Å². The van der Waals surface area contributed by atoms with E-state index in [4.69, 9.17) is 9.47 Å². The molecule has 0 radical (unpaired) electrons. The minimum Gasteiger partial charge on any atom is -0.450 e. The Hall–Kier alpha value is -2.10. The van der Waals surface area contributed by atoms with Crippen molar-refractivity contribution in [2.24, 2.45) is 0 Å². The van der Waals surface area contributed by atoms with Gasteiger partial charge in [0.1, 0.15) is 11.9 Å². The molecule has 1 aromatic rings. The molecular weight excluding hydrogens is 208 g/mol. The standard InChI is InChI=1S/C12H12O4/c1-3-9(2)15-11(13)12(14)16-10-7-5-4-6-8-10/h3-9H,1H2,2H3. The summed E-state index contributed by atoms with van der Waals surface area (Å²) in [6, 6.07) is 8.31. The molecule has 0 fully saturated rings. The number of esters is 2. The van der Waals surface area contributed by atoms with Crippen molar-refractivity contribution in [3.05, 3.63) is 43.0 Å². The Morgan fingerprint density at radius 1 is 1.25 bits per heavy atom. The van der Waals surface area contributed by atoms with E-state index >= 15 is 0 Å². The number of carbonyl (C=O) groups is 2. The van der Waals surface area contributed by atoms with Crippen LogP contribution in [0.1, 0.15) is 6.92 Å². The highest BCUT2D eigenvalue weighted by molar-refractivity contribution is 6.30. The zero-order valence-corrected chi connectivity index (χ0v) is 8.88. The van der Waals surface area contributed by atoms with Crippen LogP contribution in [-0.4, -0.2) is 18.0 Å². The summed E-state index contributed by atoms with van der Waals surface area (Å²) in [6.45, 7) is 5.03. The van der Waals surface area contributed by atoms with Gasteiger partial charge < -0.3 is 9.47 Å². The van der Waals surface area contributed by atoms with Crippen molar-refractivity contribution in [1.29, 1.82) is 0 Å². The van der Waals surface area contributed by atoms with Crippen molar-refractivity contribution in [1.82, 2.24) is 0 Å². The molecule has 4 nitrogen and oxygen atoms in total. The Balaban J connectivity index is 2.53. The third-order valence-corrected chi connectivity index (χ3v) is 1.75. The SMILES string of the molecule is C=CC(C)OC(=O)C(=O)Oc1ccccc1. The molecule has 1 aromatic carbocycles. The molecule has 0 amide bonds. The molecule has 16 heavy (non-hydrogen) atoms. The van der Waals surface area contributed by atoms with Crippen LogP contribution in [-0.2, 0) is 14.3 Å². The van der Waals surface area contributed by atoms with Gasteiger partial charge in [0.15, 0.2) is 0 Å². The smallest absolute Gasteiger partial charge is 0.422 e. The number of ether oxygens (including phenoxy) is 2. The Bertz CT molecular complexity index is 383. The Labute approximate surface area is 93.5 Å². The number of hydrogen-bond acceptors (Lipinski definition) is 4. The second kappa shape index (κ2) is 5.70. The van der Waals surface area contributed by atoms with Crippen LogP contribution in [0.25, 0.3) is 0 Å². The monoisotopic (exact) mass is 220 g/mol. The molecule has 0 aliphatic heterocycles. The molecule has 0 saturated carbocycles. The number of benzene rings is 1. The fourth-order valence-electron chi connectivity index (χ4n) is 0.902. The molecule has 0 saturated heterocycles. The summed E-state index contributed by atoms with van der Waals surface area (Å²) in [4.78, 5) is 22.4. The summed E-state index contributed by atoms with van der Waals surface area (Å²) in [5, 5.41) is 0. The molecule has 0 N–H and O–H groups in total. The van der Waals surface area contributed by atoms with Crippen molar-refractivity contribution in [2.75, 3.05) is 0 Å². The first-order valence-corrected chi connectivity index (χ1v) is 4.74. The number of carbonyl (C=O) groups excluding carboxylic acids is 2. The van der Waals surface area contributed by atoms with Gasteiger partial charge in [0, 0.05) is 0 Å². The second-order valence-corrected chi connectivity index (χ2v) is 3.05. The minimum absolute atomic E-state index is 0.302. The van der Waals surface area contributed by atoms with Crippen molar-refractivity contribution >= 4 is 11.9 Å². The molecule has 0 aliphatic rings. The molecule has 0 aliphatic carbocycles. The Kier molecular flexibility index (Phi) is 4.27. The summed E-state index contributed by atoms with van der Waals surface area (Å²) < 4.78 is 9.48. The molecular formula is C12H12O4. The van der Waals surface area contributed by atoms with Crippen LogP contribution in [0.5, 0.6) is 5.75 Å². The van der Waals surface area contributed by atoms with Crippen molar-refractivity contribution in [3.8, 4) is 5.75 Å². The number of hydrogen-bond donors (Lipinski definition) is 0. The molecule has 0 bridgehead atoms. The predicted octanol–water partition coefficient (Wildman–Crippen LogP) is 1.71. The first kappa shape index (κ1) is 12.0. The maximum absolute atomic E-state index is 11.2. The van der Waals surface area contributed by atoms with Crippen LogP contribution in [0.15, 0.2) is 43.0 Å². The van der Waals surface area contributed by atoms with Gasteiger partial charge in [-0.1, -0.05) is 30.9 Å². The van der Waals surface area contributed by atoms with E-state index in [0.29, 0.717) is 5.75 Å². The van der Waals surface area contributed by atoms with Crippen LogP contribution in [0.3, 0.4) is 0 Å². The maximum Gasteiger partial charge on any atom is 0.422 e. The predicted molar refractivity (Wildman–Crippen MR) is 57.8 cm³/mol. The lowest BCUT2D eigenvalue weighted by atomic mass is 10.3. The van der Waals surface area contributed by atoms with E-state index in [1.54, 1.807) is 37.3 Å². The van der Waals surface area contributed by atoms with Crippen molar-refractivity contribution in [2.45, 2.75) is 13.0 Å². The molecule has 4 heteroatoms. The highest BCUT2D eigenvalue weighted by Crippen LogP contribution is 2.08. The highest BCUT2D eigenvalue weighted by Gasteiger charge is 2.19. The Morgan fingerprint density at radius 3 is 2.44 bits per heavy atom. The molecule has 84 valence electrons. The average Bonchev–Trinajstić information content (AvgIpc) is 2.30.